The van der Waals surface area contributed by atoms with Crippen molar-refractivity contribution in [1.29, 1.82) is 0 Å². The van der Waals surface area contributed by atoms with Crippen LogP contribution in [-0.2, 0) is 0 Å². The van der Waals surface area contributed by atoms with Gasteiger partial charge in [0.15, 0.2) is 11.5 Å². The Kier molecular flexibility index (Phi) is 2.83. The van der Waals surface area contributed by atoms with E-state index in [4.69, 9.17) is 16.0 Å². The summed E-state index contributed by atoms with van der Waals surface area (Å²) < 4.78 is 11.8. The fraction of sp³-hybridized carbons (Fsp3) is 0.364. The van der Waals surface area contributed by atoms with Crippen LogP contribution in [0.25, 0.3) is 4.85 Å². The smallest absolute Gasteiger partial charge is 0.247 e. The summed E-state index contributed by atoms with van der Waals surface area (Å²) in [4.78, 5) is 3.49. The van der Waals surface area contributed by atoms with Crippen molar-refractivity contribution in [2.75, 3.05) is 13.2 Å². The van der Waals surface area contributed by atoms with Gasteiger partial charge in [0.05, 0.1) is 5.56 Å². The van der Waals surface area contributed by atoms with Crippen LogP contribution in [0.3, 0.4) is 0 Å². The monoisotopic (exact) mass is 267 g/mol. The van der Waals surface area contributed by atoms with Crippen molar-refractivity contribution in [2.45, 2.75) is 13.0 Å². The van der Waals surface area contributed by atoms with Crippen molar-refractivity contribution < 1.29 is 9.47 Å². The molecule has 0 aliphatic carbocycles. The van der Waals surface area contributed by atoms with Crippen LogP contribution in [0, 0.1) is 6.57 Å². The van der Waals surface area contributed by atoms with Gasteiger partial charge in [0, 0.05) is 11.4 Å². The van der Waals surface area contributed by atoms with Gasteiger partial charge in [0.2, 0.25) is 6.04 Å². The van der Waals surface area contributed by atoms with E-state index in [-0.39, 0.29) is 6.04 Å². The molecule has 4 heteroatoms. The predicted octanol–water partition coefficient (Wildman–Crippen LogP) is 3.20. The van der Waals surface area contributed by atoms with Crippen LogP contribution in [0.4, 0.5) is 0 Å². The quantitative estimate of drug-likeness (QED) is 0.730. The van der Waals surface area contributed by atoms with E-state index in [1.165, 1.54) is 0 Å². The lowest BCUT2D eigenvalue weighted by atomic mass is 10.1. The van der Waals surface area contributed by atoms with Gasteiger partial charge >= 0.3 is 0 Å². The number of halogens is 1. The maximum Gasteiger partial charge on any atom is 0.247 e. The Hall–Kier alpha value is -1.21. The Morgan fingerprint density at radius 3 is 2.53 bits per heavy atom. The summed E-state index contributed by atoms with van der Waals surface area (Å²) in [5.74, 6) is 1.48. The van der Waals surface area contributed by atoms with Crippen LogP contribution >= 0.6 is 15.9 Å². The molecule has 0 N–H and O–H groups in total. The largest absolute Gasteiger partial charge is 0.486 e. The van der Waals surface area contributed by atoms with Crippen molar-refractivity contribution in [3.63, 3.8) is 0 Å². The number of rotatable bonds is 1. The highest BCUT2D eigenvalue weighted by atomic mass is 79.9. The number of benzene rings is 1. The normalized spacial score (nSPS) is 15.5. The van der Waals surface area contributed by atoms with Gasteiger partial charge in [-0.05, 0) is 12.1 Å². The van der Waals surface area contributed by atoms with Gasteiger partial charge in [-0.1, -0.05) is 15.9 Å². The molecule has 0 saturated heterocycles. The van der Waals surface area contributed by atoms with Crippen molar-refractivity contribution in [3.05, 3.63) is 33.6 Å². The van der Waals surface area contributed by atoms with E-state index in [9.17, 15) is 0 Å². The third-order valence-corrected chi connectivity index (χ3v) is 2.99. The molecular formula is C11H10BrNO2. The molecule has 0 fully saturated rings. The van der Waals surface area contributed by atoms with Crippen LogP contribution in [0.15, 0.2) is 16.6 Å². The topological polar surface area (TPSA) is 22.8 Å². The zero-order valence-corrected chi connectivity index (χ0v) is 9.87. The molecule has 1 atom stereocenters. The van der Waals surface area contributed by atoms with Crippen molar-refractivity contribution >= 4 is 15.9 Å². The minimum Gasteiger partial charge on any atom is -0.486 e. The molecule has 3 nitrogen and oxygen atoms in total. The van der Waals surface area contributed by atoms with Crippen LogP contribution in [0.1, 0.15) is 18.5 Å². The molecule has 78 valence electrons. The van der Waals surface area contributed by atoms with Crippen LogP contribution in [-0.4, -0.2) is 13.2 Å². The lowest BCUT2D eigenvalue weighted by molar-refractivity contribution is 0.171. The molecule has 2 rings (SSSR count). The fourth-order valence-corrected chi connectivity index (χ4v) is 2.12. The van der Waals surface area contributed by atoms with E-state index in [0.717, 1.165) is 21.5 Å². The fourth-order valence-electron chi connectivity index (χ4n) is 1.47. The first-order valence-corrected chi connectivity index (χ1v) is 5.47. The molecule has 1 aromatic rings. The molecule has 0 amide bonds. The molecule has 15 heavy (non-hydrogen) atoms. The standard InChI is InChI=1S/C11H10BrNO2/c1-7(13-2)8-5-10-11(6-9(8)12)15-4-3-14-10/h5-7H,3-4H2,1H3. The van der Waals surface area contributed by atoms with Gasteiger partial charge in [-0.3, -0.25) is 0 Å². The van der Waals surface area contributed by atoms with E-state index >= 15 is 0 Å². The van der Waals surface area contributed by atoms with Crippen molar-refractivity contribution in [2.24, 2.45) is 0 Å². The lowest BCUT2D eigenvalue weighted by Gasteiger charge is -2.19. The summed E-state index contributed by atoms with van der Waals surface area (Å²) in [6.07, 6.45) is 0. The predicted molar refractivity (Wildman–Crippen MR) is 60.1 cm³/mol. The highest BCUT2D eigenvalue weighted by molar-refractivity contribution is 9.10. The Bertz CT molecular complexity index is 425. The van der Waals surface area contributed by atoms with Gasteiger partial charge in [0.25, 0.3) is 0 Å². The average Bonchev–Trinajstić information content (AvgIpc) is 2.27. The third-order valence-electron chi connectivity index (χ3n) is 2.31. The first-order chi connectivity index (χ1) is 7.22. The summed E-state index contributed by atoms with van der Waals surface area (Å²) in [5.41, 5.74) is 0.939. The molecule has 0 aromatic heterocycles. The number of hydrogen-bond donors (Lipinski definition) is 0. The molecular weight excluding hydrogens is 258 g/mol. The molecule has 1 heterocycles. The Balaban J connectivity index is 2.46. The average molecular weight is 268 g/mol. The van der Waals surface area contributed by atoms with Crippen LogP contribution < -0.4 is 9.47 Å². The molecule has 1 aromatic carbocycles. The van der Waals surface area contributed by atoms with Gasteiger partial charge < -0.3 is 14.3 Å². The molecule has 0 bridgehead atoms. The first kappa shape index (κ1) is 10.3. The SMILES string of the molecule is [C-]#[N+]C(C)c1cc2c(cc1Br)OCCO2. The summed E-state index contributed by atoms with van der Waals surface area (Å²) in [7, 11) is 0. The number of ether oxygens (including phenoxy) is 2. The Labute approximate surface area is 96.9 Å². The molecule has 0 radical (unpaired) electrons. The summed E-state index contributed by atoms with van der Waals surface area (Å²) in [5, 5.41) is 0. The summed E-state index contributed by atoms with van der Waals surface area (Å²) in [6, 6.07) is 3.57. The molecule has 0 saturated carbocycles. The van der Waals surface area contributed by atoms with Crippen LogP contribution in [0.2, 0.25) is 0 Å². The molecule has 0 spiro atoms. The number of hydrogen-bond acceptors (Lipinski definition) is 2. The minimum absolute atomic E-state index is 0.171. The van der Waals surface area contributed by atoms with Gasteiger partial charge in [-0.2, -0.15) is 0 Å². The van der Waals surface area contributed by atoms with E-state index in [2.05, 4.69) is 20.8 Å². The number of nitrogens with zero attached hydrogens (tertiary/aromatic N) is 1. The first-order valence-electron chi connectivity index (χ1n) is 4.68. The Morgan fingerprint density at radius 1 is 1.33 bits per heavy atom. The summed E-state index contributed by atoms with van der Waals surface area (Å²) >= 11 is 3.44. The Morgan fingerprint density at radius 2 is 1.93 bits per heavy atom. The van der Waals surface area contributed by atoms with Gasteiger partial charge in [-0.25, -0.2) is 6.57 Å². The van der Waals surface area contributed by atoms with Crippen LogP contribution in [0.5, 0.6) is 11.5 Å². The second-order valence-corrected chi connectivity index (χ2v) is 4.18. The summed E-state index contributed by atoms with van der Waals surface area (Å²) in [6.45, 7) is 10.0. The maximum absolute atomic E-state index is 7.01. The minimum atomic E-state index is -0.171. The molecule has 1 aliphatic rings. The second-order valence-electron chi connectivity index (χ2n) is 3.32. The van der Waals surface area contributed by atoms with E-state index < -0.39 is 0 Å². The third kappa shape index (κ3) is 1.93. The molecule has 1 aliphatic heterocycles. The van der Waals surface area contributed by atoms with E-state index in [1.807, 2.05) is 19.1 Å². The molecule has 1 unspecified atom stereocenters. The van der Waals surface area contributed by atoms with Gasteiger partial charge in [0.1, 0.15) is 13.2 Å². The highest BCUT2D eigenvalue weighted by Crippen LogP contribution is 2.38. The second kappa shape index (κ2) is 4.11. The highest BCUT2D eigenvalue weighted by Gasteiger charge is 2.19. The number of fused-ring (bicyclic) bond motifs is 1. The lowest BCUT2D eigenvalue weighted by Crippen LogP contribution is -2.15. The van der Waals surface area contributed by atoms with Crippen molar-refractivity contribution in [1.82, 2.24) is 0 Å². The van der Waals surface area contributed by atoms with Crippen molar-refractivity contribution in [3.8, 4) is 11.5 Å². The van der Waals surface area contributed by atoms with Gasteiger partial charge in [-0.15, -0.1) is 0 Å². The zero-order chi connectivity index (χ0) is 10.8. The van der Waals surface area contributed by atoms with E-state index in [1.54, 1.807) is 0 Å². The van der Waals surface area contributed by atoms with E-state index in [0.29, 0.717) is 13.2 Å². The maximum atomic E-state index is 7.01. The zero-order valence-electron chi connectivity index (χ0n) is 8.29.